The standard InChI is InChI=1S/C18H29NO/c1-5-16-13-15(11-12-20-16)19-17(18(2,3)4)14-9-7-6-8-10-14/h6-10,15-17,19H,5,11-13H2,1-4H3. The van der Waals surface area contributed by atoms with Gasteiger partial charge >= 0.3 is 0 Å². The highest BCUT2D eigenvalue weighted by molar-refractivity contribution is 5.21. The highest BCUT2D eigenvalue weighted by Crippen LogP contribution is 2.34. The molecule has 1 aromatic carbocycles. The molecule has 1 aromatic rings. The van der Waals surface area contributed by atoms with E-state index in [1.165, 1.54) is 5.56 Å². The maximum absolute atomic E-state index is 5.79. The average Bonchev–Trinajstić information content (AvgIpc) is 2.45. The second-order valence-electron chi connectivity index (χ2n) is 7.00. The Morgan fingerprint density at radius 2 is 1.95 bits per heavy atom. The third-order valence-electron chi connectivity index (χ3n) is 4.22. The zero-order chi connectivity index (χ0) is 14.6. The van der Waals surface area contributed by atoms with Crippen LogP contribution in [0.4, 0.5) is 0 Å². The van der Waals surface area contributed by atoms with Crippen molar-refractivity contribution in [3.8, 4) is 0 Å². The summed E-state index contributed by atoms with van der Waals surface area (Å²) in [5.41, 5.74) is 1.60. The van der Waals surface area contributed by atoms with Crippen molar-refractivity contribution in [2.24, 2.45) is 5.41 Å². The molecule has 0 amide bonds. The summed E-state index contributed by atoms with van der Waals surface area (Å²) in [6.07, 6.45) is 3.80. The van der Waals surface area contributed by atoms with Crippen molar-refractivity contribution in [3.63, 3.8) is 0 Å². The van der Waals surface area contributed by atoms with Gasteiger partial charge in [-0.25, -0.2) is 0 Å². The fourth-order valence-electron chi connectivity index (χ4n) is 3.04. The SMILES string of the molecule is CCC1CC(NC(c2ccccc2)C(C)(C)C)CCO1. The minimum absolute atomic E-state index is 0.210. The molecular formula is C18H29NO. The van der Waals surface area contributed by atoms with Gasteiger partial charge in [0.25, 0.3) is 0 Å². The quantitative estimate of drug-likeness (QED) is 0.883. The van der Waals surface area contributed by atoms with Crippen molar-refractivity contribution in [2.75, 3.05) is 6.61 Å². The lowest BCUT2D eigenvalue weighted by atomic mass is 9.81. The number of hydrogen-bond donors (Lipinski definition) is 1. The van der Waals surface area contributed by atoms with E-state index in [2.05, 4.69) is 63.3 Å². The molecule has 0 aromatic heterocycles. The summed E-state index contributed by atoms with van der Waals surface area (Å²) < 4.78 is 5.79. The molecule has 0 bridgehead atoms. The Balaban J connectivity index is 2.09. The maximum atomic E-state index is 5.79. The van der Waals surface area contributed by atoms with Crippen LogP contribution in [0.25, 0.3) is 0 Å². The molecule has 3 unspecified atom stereocenters. The summed E-state index contributed by atoms with van der Waals surface area (Å²) in [5, 5.41) is 3.90. The molecule has 0 aliphatic carbocycles. The smallest absolute Gasteiger partial charge is 0.0587 e. The van der Waals surface area contributed by atoms with Crippen LogP contribution in [0.5, 0.6) is 0 Å². The van der Waals surface area contributed by atoms with E-state index in [1.54, 1.807) is 0 Å². The van der Waals surface area contributed by atoms with Gasteiger partial charge in [0.15, 0.2) is 0 Å². The molecule has 2 rings (SSSR count). The Morgan fingerprint density at radius 3 is 2.55 bits per heavy atom. The second kappa shape index (κ2) is 6.73. The Morgan fingerprint density at radius 1 is 1.25 bits per heavy atom. The topological polar surface area (TPSA) is 21.3 Å². The number of nitrogens with one attached hydrogen (secondary N) is 1. The zero-order valence-corrected chi connectivity index (χ0v) is 13.4. The monoisotopic (exact) mass is 275 g/mol. The van der Waals surface area contributed by atoms with Crippen molar-refractivity contribution in [2.45, 2.75) is 65.1 Å². The van der Waals surface area contributed by atoms with Gasteiger partial charge in [0, 0.05) is 18.7 Å². The molecular weight excluding hydrogens is 246 g/mol. The molecule has 0 saturated carbocycles. The first-order valence-corrected chi connectivity index (χ1v) is 7.93. The first-order chi connectivity index (χ1) is 9.50. The molecule has 112 valence electrons. The van der Waals surface area contributed by atoms with Gasteiger partial charge < -0.3 is 10.1 Å². The summed E-state index contributed by atoms with van der Waals surface area (Å²) in [6.45, 7) is 10.0. The third-order valence-corrected chi connectivity index (χ3v) is 4.22. The number of hydrogen-bond acceptors (Lipinski definition) is 2. The lowest BCUT2D eigenvalue weighted by Gasteiger charge is -2.38. The lowest BCUT2D eigenvalue weighted by molar-refractivity contribution is -0.00489. The van der Waals surface area contributed by atoms with E-state index < -0.39 is 0 Å². The number of rotatable bonds is 4. The fraction of sp³-hybridized carbons (Fsp3) is 0.667. The van der Waals surface area contributed by atoms with E-state index in [4.69, 9.17) is 4.74 Å². The zero-order valence-electron chi connectivity index (χ0n) is 13.4. The molecule has 0 spiro atoms. The van der Waals surface area contributed by atoms with E-state index in [-0.39, 0.29) is 5.41 Å². The van der Waals surface area contributed by atoms with Crippen LogP contribution in [0, 0.1) is 5.41 Å². The Hall–Kier alpha value is -0.860. The van der Waals surface area contributed by atoms with Crippen molar-refractivity contribution in [1.29, 1.82) is 0 Å². The van der Waals surface area contributed by atoms with Gasteiger partial charge in [-0.3, -0.25) is 0 Å². The molecule has 1 aliphatic rings. The normalized spacial score (nSPS) is 25.4. The molecule has 3 atom stereocenters. The van der Waals surface area contributed by atoms with Crippen LogP contribution in [0.15, 0.2) is 30.3 Å². The van der Waals surface area contributed by atoms with Gasteiger partial charge in [-0.1, -0.05) is 58.0 Å². The molecule has 2 nitrogen and oxygen atoms in total. The second-order valence-corrected chi connectivity index (χ2v) is 7.00. The van der Waals surface area contributed by atoms with Gasteiger partial charge in [0.2, 0.25) is 0 Å². The number of ether oxygens (including phenoxy) is 1. The van der Waals surface area contributed by atoms with Gasteiger partial charge in [-0.2, -0.15) is 0 Å². The van der Waals surface area contributed by atoms with E-state index in [0.29, 0.717) is 18.2 Å². The molecule has 0 radical (unpaired) electrons. The van der Waals surface area contributed by atoms with E-state index in [1.807, 2.05) is 0 Å². The molecule has 1 saturated heterocycles. The molecule has 1 N–H and O–H groups in total. The van der Waals surface area contributed by atoms with Crippen LogP contribution < -0.4 is 5.32 Å². The third kappa shape index (κ3) is 4.07. The van der Waals surface area contributed by atoms with E-state index in [0.717, 1.165) is 25.9 Å². The van der Waals surface area contributed by atoms with Crippen LogP contribution in [0.2, 0.25) is 0 Å². The minimum Gasteiger partial charge on any atom is -0.378 e. The van der Waals surface area contributed by atoms with Crippen LogP contribution in [0.1, 0.15) is 58.6 Å². The van der Waals surface area contributed by atoms with E-state index in [9.17, 15) is 0 Å². The molecule has 2 heteroatoms. The largest absolute Gasteiger partial charge is 0.378 e. The van der Waals surface area contributed by atoms with Gasteiger partial charge in [0.05, 0.1) is 6.10 Å². The van der Waals surface area contributed by atoms with Crippen LogP contribution >= 0.6 is 0 Å². The predicted molar refractivity (Wildman–Crippen MR) is 84.8 cm³/mol. The van der Waals surface area contributed by atoms with Gasteiger partial charge in [-0.05, 0) is 30.2 Å². The van der Waals surface area contributed by atoms with Crippen molar-refractivity contribution < 1.29 is 4.74 Å². The van der Waals surface area contributed by atoms with Crippen molar-refractivity contribution in [1.82, 2.24) is 5.32 Å². The Kier molecular flexibility index (Phi) is 5.22. The van der Waals surface area contributed by atoms with Crippen LogP contribution in [-0.2, 0) is 4.74 Å². The molecule has 20 heavy (non-hydrogen) atoms. The summed E-state index contributed by atoms with van der Waals surface area (Å²) in [7, 11) is 0. The summed E-state index contributed by atoms with van der Waals surface area (Å²) in [4.78, 5) is 0. The van der Waals surface area contributed by atoms with Gasteiger partial charge in [-0.15, -0.1) is 0 Å². The van der Waals surface area contributed by atoms with Crippen LogP contribution in [0.3, 0.4) is 0 Å². The molecule has 1 heterocycles. The summed E-state index contributed by atoms with van der Waals surface area (Å²) >= 11 is 0. The first kappa shape index (κ1) is 15.5. The van der Waals surface area contributed by atoms with Crippen molar-refractivity contribution >= 4 is 0 Å². The fourth-order valence-corrected chi connectivity index (χ4v) is 3.04. The minimum atomic E-state index is 0.210. The summed E-state index contributed by atoms with van der Waals surface area (Å²) in [6, 6.07) is 11.8. The number of benzene rings is 1. The summed E-state index contributed by atoms with van der Waals surface area (Å²) in [5.74, 6) is 0. The Bertz CT molecular complexity index is 396. The Labute approximate surface area is 123 Å². The van der Waals surface area contributed by atoms with Crippen molar-refractivity contribution in [3.05, 3.63) is 35.9 Å². The highest BCUT2D eigenvalue weighted by atomic mass is 16.5. The predicted octanol–water partition coefficient (Wildman–Crippen LogP) is 4.32. The van der Waals surface area contributed by atoms with Gasteiger partial charge in [0.1, 0.15) is 0 Å². The molecule has 1 aliphatic heterocycles. The van der Waals surface area contributed by atoms with Crippen LogP contribution in [-0.4, -0.2) is 18.8 Å². The molecule has 1 fully saturated rings. The maximum Gasteiger partial charge on any atom is 0.0587 e. The average molecular weight is 275 g/mol. The van der Waals surface area contributed by atoms with E-state index >= 15 is 0 Å². The highest BCUT2D eigenvalue weighted by Gasteiger charge is 2.30. The lowest BCUT2D eigenvalue weighted by Crippen LogP contribution is -2.44. The first-order valence-electron chi connectivity index (χ1n) is 7.93.